The van der Waals surface area contributed by atoms with Crippen LogP contribution in [0.1, 0.15) is 38.8 Å². The molecule has 0 atom stereocenters. The molecule has 3 rings (SSSR count). The van der Waals surface area contributed by atoms with Crippen LogP contribution in [-0.2, 0) is 23.3 Å². The van der Waals surface area contributed by atoms with Gasteiger partial charge in [0.2, 0.25) is 5.91 Å². The lowest BCUT2D eigenvalue weighted by molar-refractivity contribution is -0.127. The summed E-state index contributed by atoms with van der Waals surface area (Å²) in [5.41, 5.74) is 4.69. The van der Waals surface area contributed by atoms with Crippen molar-refractivity contribution in [2.75, 3.05) is 31.8 Å². The van der Waals surface area contributed by atoms with Crippen molar-refractivity contribution in [2.24, 2.45) is 0 Å². The van der Waals surface area contributed by atoms with Crippen LogP contribution in [-0.4, -0.2) is 52.5 Å². The van der Waals surface area contributed by atoms with E-state index in [0.717, 1.165) is 34.3 Å². The Balaban J connectivity index is 1.64. The summed E-state index contributed by atoms with van der Waals surface area (Å²) in [7, 11) is 5.88. The number of nitrogens with zero attached hydrogens (tertiary/aromatic N) is 5. The molecule has 0 aliphatic carbocycles. The molecule has 0 aliphatic rings. The van der Waals surface area contributed by atoms with Gasteiger partial charge >= 0.3 is 0 Å². The van der Waals surface area contributed by atoms with E-state index in [2.05, 4.69) is 95.9 Å². The highest BCUT2D eigenvalue weighted by molar-refractivity contribution is 7.99. The maximum Gasteiger partial charge on any atom is 0.233 e. The highest BCUT2D eigenvalue weighted by Crippen LogP contribution is 2.28. The van der Waals surface area contributed by atoms with Gasteiger partial charge in [-0.3, -0.25) is 4.79 Å². The quantitative estimate of drug-likeness (QED) is 0.434. The van der Waals surface area contributed by atoms with E-state index in [1.807, 2.05) is 21.1 Å². The van der Waals surface area contributed by atoms with Crippen molar-refractivity contribution >= 4 is 23.4 Å². The van der Waals surface area contributed by atoms with E-state index >= 15 is 0 Å². The Morgan fingerprint density at radius 2 is 1.61 bits per heavy atom. The number of anilines is 1. The third kappa shape index (κ3) is 6.16. The number of amides is 1. The van der Waals surface area contributed by atoms with Gasteiger partial charge in [0, 0.05) is 45.5 Å². The Morgan fingerprint density at radius 1 is 0.970 bits per heavy atom. The second kappa shape index (κ2) is 10.4. The molecule has 0 N–H and O–H groups in total. The fraction of sp³-hybridized carbons (Fsp3) is 0.423. The van der Waals surface area contributed by atoms with Gasteiger partial charge in [-0.15, -0.1) is 10.2 Å². The summed E-state index contributed by atoms with van der Waals surface area (Å²) in [6.07, 6.45) is 0. The molecular weight excluding hydrogens is 430 g/mol. The van der Waals surface area contributed by atoms with Crippen molar-refractivity contribution in [1.82, 2.24) is 19.7 Å². The number of carbonyl (C=O) groups excluding carboxylic acids is 1. The Labute approximate surface area is 202 Å². The summed E-state index contributed by atoms with van der Waals surface area (Å²) < 4.78 is 2.07. The molecule has 7 heteroatoms. The van der Waals surface area contributed by atoms with Gasteiger partial charge in [-0.25, -0.2) is 0 Å². The zero-order chi connectivity index (χ0) is 24.2. The predicted molar refractivity (Wildman–Crippen MR) is 138 cm³/mol. The molecule has 0 saturated heterocycles. The Bertz CT molecular complexity index is 1070. The average molecular weight is 466 g/mol. The number of thioether (sulfide) groups is 1. The summed E-state index contributed by atoms with van der Waals surface area (Å²) in [4.78, 5) is 16.6. The van der Waals surface area contributed by atoms with Crippen molar-refractivity contribution in [2.45, 2.75) is 51.4 Å². The largest absolute Gasteiger partial charge is 0.378 e. The third-order valence-corrected chi connectivity index (χ3v) is 6.62. The van der Waals surface area contributed by atoms with Gasteiger partial charge in [-0.05, 0) is 35.6 Å². The van der Waals surface area contributed by atoms with E-state index < -0.39 is 0 Å². The second-order valence-corrected chi connectivity index (χ2v) is 10.4. The lowest BCUT2D eigenvalue weighted by Gasteiger charge is -2.19. The van der Waals surface area contributed by atoms with Gasteiger partial charge in [-0.2, -0.15) is 0 Å². The number of benzene rings is 2. The third-order valence-electron chi connectivity index (χ3n) is 5.67. The van der Waals surface area contributed by atoms with Crippen LogP contribution in [0.2, 0.25) is 0 Å². The first-order valence-corrected chi connectivity index (χ1v) is 12.3. The second-order valence-electron chi connectivity index (χ2n) is 9.48. The molecule has 0 spiro atoms. The molecule has 1 heterocycles. The maximum absolute atomic E-state index is 12.7. The average Bonchev–Trinajstić information content (AvgIpc) is 3.20. The van der Waals surface area contributed by atoms with Crippen LogP contribution in [0, 0.1) is 0 Å². The van der Waals surface area contributed by atoms with Gasteiger partial charge in [-0.1, -0.05) is 68.9 Å². The van der Waals surface area contributed by atoms with Crippen LogP contribution >= 0.6 is 11.8 Å². The molecule has 6 nitrogen and oxygen atoms in total. The van der Waals surface area contributed by atoms with Crippen molar-refractivity contribution in [3.05, 3.63) is 59.7 Å². The topological polar surface area (TPSA) is 54.3 Å². The lowest BCUT2D eigenvalue weighted by atomic mass is 9.87. The van der Waals surface area contributed by atoms with Crippen molar-refractivity contribution < 1.29 is 4.79 Å². The summed E-state index contributed by atoms with van der Waals surface area (Å²) in [5.74, 6) is 1.23. The molecule has 0 radical (unpaired) electrons. The molecule has 1 amide bonds. The molecular formula is C26H35N5OS. The number of carbonyl (C=O) groups is 1. The van der Waals surface area contributed by atoms with Crippen molar-refractivity contribution in [1.29, 1.82) is 0 Å². The molecule has 1 aromatic heterocycles. The van der Waals surface area contributed by atoms with E-state index in [9.17, 15) is 4.79 Å². The van der Waals surface area contributed by atoms with Gasteiger partial charge in [0.25, 0.3) is 0 Å². The highest BCUT2D eigenvalue weighted by Gasteiger charge is 2.18. The summed E-state index contributed by atoms with van der Waals surface area (Å²) in [6, 6.07) is 16.8. The zero-order valence-corrected chi connectivity index (χ0v) is 21.6. The Morgan fingerprint density at radius 3 is 2.15 bits per heavy atom. The van der Waals surface area contributed by atoms with E-state index in [1.165, 1.54) is 17.3 Å². The van der Waals surface area contributed by atoms with Crippen LogP contribution in [0.4, 0.5) is 5.69 Å². The van der Waals surface area contributed by atoms with Crippen LogP contribution in [0.5, 0.6) is 0 Å². The van der Waals surface area contributed by atoms with Gasteiger partial charge < -0.3 is 14.4 Å². The molecule has 0 aliphatic heterocycles. The zero-order valence-electron chi connectivity index (χ0n) is 20.8. The van der Waals surface area contributed by atoms with E-state index in [4.69, 9.17) is 0 Å². The monoisotopic (exact) mass is 465 g/mol. The Kier molecular flexibility index (Phi) is 7.84. The summed E-state index contributed by atoms with van der Waals surface area (Å²) >= 11 is 1.44. The molecule has 176 valence electrons. The molecule has 3 aromatic rings. The molecule has 2 aromatic carbocycles. The molecule has 33 heavy (non-hydrogen) atoms. The lowest BCUT2D eigenvalue weighted by Crippen LogP contribution is -2.28. The molecule has 0 fully saturated rings. The van der Waals surface area contributed by atoms with Crippen molar-refractivity contribution in [3.8, 4) is 11.4 Å². The fourth-order valence-electron chi connectivity index (χ4n) is 3.51. The first kappa shape index (κ1) is 24.8. The Hall–Kier alpha value is -2.80. The van der Waals surface area contributed by atoms with Crippen molar-refractivity contribution in [3.63, 3.8) is 0 Å². The number of aromatic nitrogens is 3. The van der Waals surface area contributed by atoms with Crippen LogP contribution in [0.3, 0.4) is 0 Å². The van der Waals surface area contributed by atoms with Gasteiger partial charge in [0.15, 0.2) is 11.0 Å². The molecule has 0 bridgehead atoms. The van der Waals surface area contributed by atoms with Crippen LogP contribution in [0.25, 0.3) is 11.4 Å². The van der Waals surface area contributed by atoms with Gasteiger partial charge in [0.1, 0.15) is 0 Å². The number of hydrogen-bond acceptors (Lipinski definition) is 5. The molecule has 0 unspecified atom stereocenters. The minimum Gasteiger partial charge on any atom is -0.378 e. The summed E-state index contributed by atoms with van der Waals surface area (Å²) in [6.45, 7) is 10.0. The van der Waals surface area contributed by atoms with Crippen LogP contribution in [0.15, 0.2) is 53.7 Å². The smallest absolute Gasteiger partial charge is 0.233 e. The van der Waals surface area contributed by atoms with E-state index in [0.29, 0.717) is 12.3 Å². The molecule has 0 saturated carbocycles. The van der Waals surface area contributed by atoms with E-state index in [1.54, 1.807) is 4.90 Å². The number of rotatable bonds is 8. The fourth-order valence-corrected chi connectivity index (χ4v) is 4.45. The van der Waals surface area contributed by atoms with Gasteiger partial charge in [0.05, 0.1) is 5.75 Å². The minimum atomic E-state index is 0.0680. The normalized spacial score (nSPS) is 11.5. The summed E-state index contributed by atoms with van der Waals surface area (Å²) in [5, 5.41) is 9.57. The SMILES string of the molecule is CCn1c(SCC(=O)N(C)Cc2ccc(N(C)C)cc2)nnc1-c1ccc(C(C)(C)C)cc1. The minimum absolute atomic E-state index is 0.0680. The number of hydrogen-bond donors (Lipinski definition) is 0. The predicted octanol–water partition coefficient (Wildman–Crippen LogP) is 5.08. The van der Waals surface area contributed by atoms with E-state index in [-0.39, 0.29) is 11.3 Å². The first-order chi connectivity index (χ1) is 15.6. The van der Waals surface area contributed by atoms with Crippen LogP contribution < -0.4 is 4.90 Å². The first-order valence-electron chi connectivity index (χ1n) is 11.3. The standard InChI is InChI=1S/C26H35N5OS/c1-8-31-24(20-11-13-21(14-12-20)26(2,3)4)27-28-25(31)33-18-23(32)30(7)17-19-9-15-22(16-10-19)29(5)6/h9-16H,8,17-18H2,1-7H3. The highest BCUT2D eigenvalue weighted by atomic mass is 32.2. The maximum atomic E-state index is 12.7.